The van der Waals surface area contributed by atoms with E-state index in [0.29, 0.717) is 34.8 Å². The number of hydrogen-bond donors (Lipinski definition) is 1. The Morgan fingerprint density at radius 3 is 2.55 bits per heavy atom. The average molecular weight is 553 g/mol. The lowest BCUT2D eigenvalue weighted by Gasteiger charge is -2.24. The van der Waals surface area contributed by atoms with Crippen LogP contribution >= 0.6 is 0 Å². The van der Waals surface area contributed by atoms with Gasteiger partial charge in [-0.05, 0) is 81.8 Å². The summed E-state index contributed by atoms with van der Waals surface area (Å²) in [6.07, 6.45) is 0.360. The van der Waals surface area contributed by atoms with Crippen LogP contribution in [0, 0.1) is 13.8 Å². The standard InChI is InChI=1S/C29H31F3N6O2/c1-17(2)37(5)15-22-9-23(12-25(19(22)4)29(30,31)32)34-28(39)20-8-7-18(3)27(11-20)38-16-26(35-36-38)21-10-24(40-6)14-33-13-21/h7-14,16-17H,15H2,1-6H3,(H,34,39). The van der Waals surface area contributed by atoms with Gasteiger partial charge in [0.1, 0.15) is 11.4 Å². The summed E-state index contributed by atoms with van der Waals surface area (Å²) in [6.45, 7) is 7.55. The van der Waals surface area contributed by atoms with Crippen molar-refractivity contribution < 1.29 is 22.7 Å². The van der Waals surface area contributed by atoms with Crippen molar-refractivity contribution in [2.24, 2.45) is 0 Å². The maximum Gasteiger partial charge on any atom is 0.416 e. The Bertz CT molecular complexity index is 1530. The number of alkyl halides is 3. The maximum absolute atomic E-state index is 13.9. The molecule has 0 bridgehead atoms. The number of aryl methyl sites for hydroxylation is 1. The Kier molecular flexibility index (Phi) is 8.24. The number of hydrogen-bond acceptors (Lipinski definition) is 6. The largest absolute Gasteiger partial charge is 0.495 e. The first-order chi connectivity index (χ1) is 18.9. The van der Waals surface area contributed by atoms with Crippen molar-refractivity contribution in [1.82, 2.24) is 24.9 Å². The number of benzene rings is 2. The summed E-state index contributed by atoms with van der Waals surface area (Å²) in [5, 5.41) is 11.1. The molecule has 4 aromatic rings. The normalized spacial score (nSPS) is 11.8. The smallest absolute Gasteiger partial charge is 0.416 e. The number of carbonyl (C=O) groups excluding carboxylic acids is 1. The summed E-state index contributed by atoms with van der Waals surface area (Å²) in [6, 6.07) is 9.48. The van der Waals surface area contributed by atoms with E-state index in [1.165, 1.54) is 11.6 Å². The van der Waals surface area contributed by atoms with Crippen LogP contribution in [0.5, 0.6) is 5.75 Å². The van der Waals surface area contributed by atoms with Crippen LogP contribution in [0.15, 0.2) is 55.0 Å². The number of anilines is 1. The zero-order valence-electron chi connectivity index (χ0n) is 23.2. The number of rotatable bonds is 8. The van der Waals surface area contributed by atoms with Crippen molar-refractivity contribution in [3.05, 3.63) is 82.8 Å². The molecule has 2 heterocycles. The van der Waals surface area contributed by atoms with Crippen LogP contribution < -0.4 is 10.1 Å². The molecule has 0 aliphatic rings. The second-order valence-corrected chi connectivity index (χ2v) is 9.93. The number of ether oxygens (including phenoxy) is 1. The molecule has 8 nitrogen and oxygen atoms in total. The van der Waals surface area contributed by atoms with Gasteiger partial charge < -0.3 is 10.1 Å². The molecule has 0 unspecified atom stereocenters. The van der Waals surface area contributed by atoms with E-state index in [-0.39, 0.29) is 22.9 Å². The molecular formula is C29H31F3N6O2. The Morgan fingerprint density at radius 2 is 1.88 bits per heavy atom. The van der Waals surface area contributed by atoms with Gasteiger partial charge in [-0.3, -0.25) is 14.7 Å². The molecule has 2 aromatic carbocycles. The van der Waals surface area contributed by atoms with Crippen molar-refractivity contribution in [3.63, 3.8) is 0 Å². The minimum atomic E-state index is -4.56. The van der Waals surface area contributed by atoms with Gasteiger partial charge in [-0.2, -0.15) is 13.2 Å². The SMILES string of the molecule is COc1cncc(-c2cn(-c3cc(C(=O)Nc4cc(CN(C)C(C)C)c(C)c(C(F)(F)F)c4)ccc3C)nn2)c1. The molecule has 0 aliphatic heterocycles. The third-order valence-electron chi connectivity index (χ3n) is 6.84. The minimum absolute atomic E-state index is 0.0748. The Hall–Kier alpha value is -4.25. The first-order valence-electron chi connectivity index (χ1n) is 12.6. The van der Waals surface area contributed by atoms with Gasteiger partial charge in [0, 0.05) is 35.6 Å². The molecule has 11 heteroatoms. The zero-order valence-corrected chi connectivity index (χ0v) is 23.2. The molecule has 210 valence electrons. The number of pyridine rings is 1. The van der Waals surface area contributed by atoms with Gasteiger partial charge in [0.15, 0.2) is 0 Å². The summed E-state index contributed by atoms with van der Waals surface area (Å²) < 4.78 is 48.3. The molecular weight excluding hydrogens is 521 g/mol. The highest BCUT2D eigenvalue weighted by Crippen LogP contribution is 2.36. The molecule has 4 rings (SSSR count). The maximum atomic E-state index is 13.9. The number of nitrogens with one attached hydrogen (secondary N) is 1. The number of carbonyl (C=O) groups is 1. The second-order valence-electron chi connectivity index (χ2n) is 9.93. The lowest BCUT2D eigenvalue weighted by Crippen LogP contribution is -2.26. The predicted molar refractivity (Wildman–Crippen MR) is 147 cm³/mol. The van der Waals surface area contributed by atoms with E-state index < -0.39 is 17.6 Å². The minimum Gasteiger partial charge on any atom is -0.495 e. The van der Waals surface area contributed by atoms with Gasteiger partial charge >= 0.3 is 6.18 Å². The zero-order chi connectivity index (χ0) is 29.2. The predicted octanol–water partition coefficient (Wildman–Crippen LogP) is 6.07. The molecule has 0 saturated heterocycles. The van der Waals surface area contributed by atoms with Crippen LogP contribution in [-0.2, 0) is 12.7 Å². The molecule has 40 heavy (non-hydrogen) atoms. The molecule has 1 amide bonds. The van der Waals surface area contributed by atoms with E-state index in [9.17, 15) is 18.0 Å². The van der Waals surface area contributed by atoms with E-state index in [1.54, 1.807) is 56.0 Å². The summed E-state index contributed by atoms with van der Waals surface area (Å²) in [5.41, 5.74) is 2.88. The van der Waals surface area contributed by atoms with E-state index in [1.807, 2.05) is 32.7 Å². The summed E-state index contributed by atoms with van der Waals surface area (Å²) in [4.78, 5) is 19.3. The van der Waals surface area contributed by atoms with Crippen LogP contribution in [-0.4, -0.2) is 51.0 Å². The van der Waals surface area contributed by atoms with Crippen molar-refractivity contribution in [2.45, 2.75) is 46.5 Å². The highest BCUT2D eigenvalue weighted by Gasteiger charge is 2.34. The van der Waals surface area contributed by atoms with E-state index in [0.717, 1.165) is 11.6 Å². The number of nitrogens with zero attached hydrogens (tertiary/aromatic N) is 5. The molecule has 0 radical (unpaired) electrons. The number of amides is 1. The number of halogens is 3. The molecule has 0 fully saturated rings. The van der Waals surface area contributed by atoms with Crippen molar-refractivity contribution in [1.29, 1.82) is 0 Å². The van der Waals surface area contributed by atoms with Gasteiger partial charge in [0.25, 0.3) is 5.91 Å². The van der Waals surface area contributed by atoms with Gasteiger partial charge in [-0.1, -0.05) is 11.3 Å². The van der Waals surface area contributed by atoms with Gasteiger partial charge in [0.2, 0.25) is 0 Å². The fraction of sp³-hybridized carbons (Fsp3) is 0.310. The first-order valence-corrected chi connectivity index (χ1v) is 12.6. The summed E-state index contributed by atoms with van der Waals surface area (Å²) in [7, 11) is 3.39. The Morgan fingerprint density at radius 1 is 1.12 bits per heavy atom. The molecule has 0 spiro atoms. The van der Waals surface area contributed by atoms with Crippen LogP contribution in [0.25, 0.3) is 16.9 Å². The number of methoxy groups -OCH3 is 1. The third kappa shape index (κ3) is 6.31. The number of aromatic nitrogens is 4. The summed E-state index contributed by atoms with van der Waals surface area (Å²) in [5.74, 6) is 0.0319. The lowest BCUT2D eigenvalue weighted by molar-refractivity contribution is -0.138. The van der Waals surface area contributed by atoms with Crippen LogP contribution in [0.4, 0.5) is 18.9 Å². The van der Waals surface area contributed by atoms with Crippen molar-refractivity contribution in [2.75, 3.05) is 19.5 Å². The van der Waals surface area contributed by atoms with Crippen molar-refractivity contribution >= 4 is 11.6 Å². The van der Waals surface area contributed by atoms with Gasteiger partial charge in [0.05, 0.1) is 30.8 Å². The third-order valence-corrected chi connectivity index (χ3v) is 6.84. The molecule has 0 atom stereocenters. The van der Waals surface area contributed by atoms with Gasteiger partial charge in [-0.25, -0.2) is 4.68 Å². The fourth-order valence-electron chi connectivity index (χ4n) is 4.14. The van der Waals surface area contributed by atoms with Crippen LogP contribution in [0.1, 0.15) is 46.5 Å². The van der Waals surface area contributed by atoms with E-state index in [4.69, 9.17) is 4.74 Å². The van der Waals surface area contributed by atoms with Gasteiger partial charge in [-0.15, -0.1) is 5.10 Å². The molecule has 2 aromatic heterocycles. The molecule has 0 aliphatic carbocycles. The molecule has 1 N–H and O–H groups in total. The first kappa shape index (κ1) is 28.8. The van der Waals surface area contributed by atoms with Crippen LogP contribution in [0.3, 0.4) is 0 Å². The quantitative estimate of drug-likeness (QED) is 0.286. The topological polar surface area (TPSA) is 85.2 Å². The summed E-state index contributed by atoms with van der Waals surface area (Å²) >= 11 is 0. The Labute approximate surface area is 230 Å². The van der Waals surface area contributed by atoms with E-state index in [2.05, 4.69) is 20.6 Å². The lowest BCUT2D eigenvalue weighted by atomic mass is 9.99. The van der Waals surface area contributed by atoms with Crippen molar-refractivity contribution in [3.8, 4) is 22.7 Å². The molecule has 0 saturated carbocycles. The highest BCUT2D eigenvalue weighted by molar-refractivity contribution is 6.04. The monoisotopic (exact) mass is 552 g/mol. The van der Waals surface area contributed by atoms with Crippen LogP contribution in [0.2, 0.25) is 0 Å². The average Bonchev–Trinajstić information content (AvgIpc) is 3.40. The van der Waals surface area contributed by atoms with E-state index >= 15 is 0 Å². The second kappa shape index (κ2) is 11.5. The fourth-order valence-corrected chi connectivity index (χ4v) is 4.14. The Balaban J connectivity index is 1.64. The highest BCUT2D eigenvalue weighted by atomic mass is 19.4.